The Bertz CT molecular complexity index is 286. The van der Waals surface area contributed by atoms with Crippen LogP contribution in [0.3, 0.4) is 0 Å². The van der Waals surface area contributed by atoms with Gasteiger partial charge in [0.1, 0.15) is 0 Å². The zero-order valence-corrected chi connectivity index (χ0v) is 20.0. The topological polar surface area (TPSA) is 38.5 Å². The van der Waals surface area contributed by atoms with E-state index in [4.69, 9.17) is 0 Å². The molecule has 0 aromatic rings. The van der Waals surface area contributed by atoms with Crippen LogP contribution in [0.1, 0.15) is 113 Å². The van der Waals surface area contributed by atoms with Crippen molar-refractivity contribution < 1.29 is 38.2 Å². The number of rotatable bonds is 2. The molecule has 2 saturated carbocycles. The summed E-state index contributed by atoms with van der Waals surface area (Å²) in [5.41, 5.74) is 0.0200. The van der Waals surface area contributed by atoms with Crippen LogP contribution in [0, 0.1) is 38.2 Å². The largest absolute Gasteiger partial charge is 3.00 e. The van der Waals surface area contributed by atoms with Gasteiger partial charge in [0.05, 0.1) is 0 Å². The number of guanidine groups is 1. The molecule has 151 valence electrons. The van der Waals surface area contributed by atoms with E-state index >= 15 is 0 Å². The number of nitrogens with zero attached hydrogens (tertiary/aromatic N) is 2. The average Bonchev–Trinajstić information content (AvgIpc) is 3.15. The summed E-state index contributed by atoms with van der Waals surface area (Å²) < 4.78 is 0. The molecule has 0 heterocycles. The van der Waals surface area contributed by atoms with Gasteiger partial charge < -0.3 is 15.6 Å². The summed E-state index contributed by atoms with van der Waals surface area (Å²) in [6.45, 7) is 14.6. The third kappa shape index (κ3) is 22.5. The van der Waals surface area contributed by atoms with Crippen molar-refractivity contribution in [3.8, 4) is 0 Å². The zero-order chi connectivity index (χ0) is 18.4. The summed E-state index contributed by atoms with van der Waals surface area (Å²) in [5, 5.41) is 7.74. The van der Waals surface area contributed by atoms with Crippen molar-refractivity contribution in [2.75, 3.05) is 0 Å². The second kappa shape index (κ2) is 16.7. The molecule has 1 N–H and O–H groups in total. The Hall–Kier alpha value is 0.543. The normalized spacial score (nSPS) is 17.2. The molecule has 2 aliphatic rings. The molecular weight excluding hydrogens is 457 g/mol. The van der Waals surface area contributed by atoms with Gasteiger partial charge in [-0.3, -0.25) is 0 Å². The average molecular weight is 501 g/mol. The van der Waals surface area contributed by atoms with Gasteiger partial charge in [0.2, 0.25) is 0 Å². The first-order valence-electron chi connectivity index (χ1n) is 10.3. The van der Waals surface area contributed by atoms with E-state index in [2.05, 4.69) is 64.1 Å². The minimum Gasteiger partial charge on any atom is -0.435 e. The molecule has 0 amide bonds. The summed E-state index contributed by atoms with van der Waals surface area (Å²) in [4.78, 5) is 4.44. The number of hydrogen-bond acceptors (Lipinski definition) is 1. The van der Waals surface area contributed by atoms with Crippen molar-refractivity contribution in [3.05, 3.63) is 5.32 Å². The summed E-state index contributed by atoms with van der Waals surface area (Å²) in [6, 6.07) is 0.560. The molecule has 0 aromatic heterocycles. The van der Waals surface area contributed by atoms with Crippen LogP contribution >= 0.6 is 0 Å². The number of aliphatic imine (C=N–C) groups is 1. The zero-order valence-electron chi connectivity index (χ0n) is 17.9. The molecule has 3 nitrogen and oxygen atoms in total. The van der Waals surface area contributed by atoms with Crippen molar-refractivity contribution in [2.45, 2.75) is 130 Å². The molecule has 0 unspecified atom stereocenters. The molecule has 0 aliphatic heterocycles. The van der Waals surface area contributed by atoms with Crippen LogP contribution in [0.2, 0.25) is 0 Å². The van der Waals surface area contributed by atoms with Crippen LogP contribution in [0.15, 0.2) is 4.99 Å². The summed E-state index contributed by atoms with van der Waals surface area (Å²) in [5.74, 6) is 0.766. The van der Waals surface area contributed by atoms with E-state index in [1.807, 2.05) is 0 Å². The smallest absolute Gasteiger partial charge is 0.435 e. The van der Waals surface area contributed by atoms with Gasteiger partial charge in [-0.2, -0.15) is 0 Å². The molecule has 2 aliphatic carbocycles. The van der Waals surface area contributed by atoms with Crippen LogP contribution in [0.5, 0.6) is 0 Å². The van der Waals surface area contributed by atoms with Crippen LogP contribution in [-0.2, 0) is 0 Å². The Morgan fingerprint density at radius 2 is 1.08 bits per heavy atom. The molecule has 2 rings (SSSR count). The fourth-order valence-corrected chi connectivity index (χ4v) is 2.69. The van der Waals surface area contributed by atoms with Crippen molar-refractivity contribution in [2.24, 2.45) is 4.99 Å². The monoisotopic (exact) mass is 502 g/mol. The van der Waals surface area contributed by atoms with Gasteiger partial charge in [-0.05, 0) is 17.6 Å². The maximum Gasteiger partial charge on any atom is 3.00 e. The summed E-state index contributed by atoms with van der Waals surface area (Å²) >= 11 is 0. The van der Waals surface area contributed by atoms with E-state index in [0.29, 0.717) is 0 Å². The first-order chi connectivity index (χ1) is 11.2. The first kappa shape index (κ1) is 27.8. The van der Waals surface area contributed by atoms with Crippen molar-refractivity contribution in [3.63, 3.8) is 0 Å². The van der Waals surface area contributed by atoms with Crippen molar-refractivity contribution >= 4 is 5.96 Å². The predicted octanol–water partition coefficient (Wildman–Crippen LogP) is 6.82. The van der Waals surface area contributed by atoms with Crippen LogP contribution < -0.4 is 5.32 Å². The maximum absolute atomic E-state index is 4.44. The second-order valence-electron chi connectivity index (χ2n) is 8.68. The summed E-state index contributed by atoms with van der Waals surface area (Å²) in [6.07, 6.45) is 15.0. The molecule has 0 bridgehead atoms. The van der Waals surface area contributed by atoms with Gasteiger partial charge in [-0.1, -0.05) is 113 Å². The molecule has 0 atom stereocenters. The van der Waals surface area contributed by atoms with Gasteiger partial charge in [0.15, 0.2) is 0 Å². The molecule has 0 aromatic carbocycles. The predicted molar refractivity (Wildman–Crippen MR) is 110 cm³/mol. The fraction of sp³-hybridized carbons (Fsp3) is 0.952. The van der Waals surface area contributed by atoms with E-state index in [9.17, 15) is 0 Å². The quantitative estimate of drug-likeness (QED) is 0.328. The Morgan fingerprint density at radius 1 is 0.760 bits per heavy atom. The molecular formula is C21H44DyN3+2. The Labute approximate surface area is 189 Å². The van der Waals surface area contributed by atoms with Crippen molar-refractivity contribution in [1.29, 1.82) is 0 Å². The van der Waals surface area contributed by atoms with E-state index in [-0.39, 0.29) is 55.8 Å². The van der Waals surface area contributed by atoms with Gasteiger partial charge in [-0.15, -0.1) is 0 Å². The Morgan fingerprint density at radius 3 is 1.28 bits per heavy atom. The van der Waals surface area contributed by atoms with E-state index in [1.54, 1.807) is 0 Å². The molecule has 2 fully saturated rings. The molecule has 4 heteroatoms. The van der Waals surface area contributed by atoms with E-state index in [1.165, 1.54) is 64.2 Å². The number of nitrogens with one attached hydrogen (secondary N) is 1. The molecule has 0 saturated heterocycles. The third-order valence-electron chi connectivity index (χ3n) is 3.75. The molecule has 1 radical (unpaired) electrons. The van der Waals surface area contributed by atoms with E-state index in [0.717, 1.165) is 5.96 Å². The van der Waals surface area contributed by atoms with Crippen LogP contribution in [0.4, 0.5) is 0 Å². The van der Waals surface area contributed by atoms with E-state index < -0.39 is 0 Å². The fourth-order valence-electron chi connectivity index (χ4n) is 2.69. The third-order valence-corrected chi connectivity index (χ3v) is 3.75. The standard InChI is InChI=1S/C11H24N3.2C5H10.Dy/c1-8(2)12-10(13-9(3)4)14-11(5,6)7;2*1-2-4-5-3-1;/h8-9H,1-7H3,(H-,12,13,14);2*1-5H2;/q-1;;;+3. The number of hydrogen-bond donors (Lipinski definition) is 1. The minimum atomic E-state index is 0. The maximum atomic E-state index is 4.44. The van der Waals surface area contributed by atoms with Crippen LogP contribution in [-0.4, -0.2) is 23.6 Å². The van der Waals surface area contributed by atoms with Crippen LogP contribution in [0.25, 0.3) is 5.32 Å². The SMILES string of the molecule is C1CCCC1.C1CCCC1.CC(C)N=C([N-]C(C)C)NC(C)(C)C.[Dy+3]. The minimum absolute atomic E-state index is 0. The van der Waals surface area contributed by atoms with Gasteiger partial charge in [0.25, 0.3) is 0 Å². The van der Waals surface area contributed by atoms with Gasteiger partial charge >= 0.3 is 38.2 Å². The Kier molecular flexibility index (Phi) is 18.5. The summed E-state index contributed by atoms with van der Waals surface area (Å²) in [7, 11) is 0. The molecule has 25 heavy (non-hydrogen) atoms. The van der Waals surface area contributed by atoms with Gasteiger partial charge in [0, 0.05) is 5.96 Å². The molecule has 0 spiro atoms. The van der Waals surface area contributed by atoms with Gasteiger partial charge in [-0.25, -0.2) is 0 Å². The Balaban J connectivity index is 0. The first-order valence-corrected chi connectivity index (χ1v) is 10.3. The van der Waals surface area contributed by atoms with Crippen molar-refractivity contribution in [1.82, 2.24) is 5.32 Å². The second-order valence-corrected chi connectivity index (χ2v) is 8.68.